The first kappa shape index (κ1) is 31.8. The van der Waals surface area contributed by atoms with E-state index in [0.717, 1.165) is 11.8 Å². The summed E-state index contributed by atoms with van der Waals surface area (Å²) in [6, 6.07) is 0. The first-order valence-electron chi connectivity index (χ1n) is 13.0. The Morgan fingerprint density at radius 1 is 0.867 bits per heavy atom. The van der Waals surface area contributed by atoms with Crippen LogP contribution in [-0.2, 0) is 41.7 Å². The molecule has 4 aromatic rings. The highest BCUT2D eigenvalue weighted by molar-refractivity contribution is 8.07. The molecule has 0 amide bonds. The average Bonchev–Trinajstić information content (AvgIpc) is 3.72. The maximum absolute atomic E-state index is 12.4. The van der Waals surface area contributed by atoms with Crippen molar-refractivity contribution in [3.63, 3.8) is 0 Å². The summed E-state index contributed by atoms with van der Waals surface area (Å²) in [4.78, 5) is 57.7. The van der Waals surface area contributed by atoms with Crippen molar-refractivity contribution >= 4 is 94.7 Å². The molecule has 3 fully saturated rings. The van der Waals surface area contributed by atoms with E-state index in [1.54, 1.807) is 4.57 Å². The van der Waals surface area contributed by atoms with Gasteiger partial charge in [0.15, 0.2) is 22.6 Å². The lowest BCUT2D eigenvalue weighted by molar-refractivity contribution is 0.0152. The van der Waals surface area contributed by atoms with Gasteiger partial charge in [0, 0.05) is 0 Å². The van der Waals surface area contributed by atoms with Crippen molar-refractivity contribution in [3.8, 4) is 0 Å². The summed E-state index contributed by atoms with van der Waals surface area (Å²) in [5, 5.41) is 19.5. The van der Waals surface area contributed by atoms with E-state index in [9.17, 15) is 24.8 Å². The van der Waals surface area contributed by atoms with E-state index in [2.05, 4.69) is 29.9 Å². The van der Waals surface area contributed by atoms with Crippen molar-refractivity contribution < 1.29 is 38.1 Å². The van der Waals surface area contributed by atoms with Crippen molar-refractivity contribution in [3.05, 3.63) is 29.3 Å². The highest BCUT2D eigenvalue weighted by Gasteiger charge is 2.52. The molecule has 0 radical (unpaired) electrons. The molecule has 0 aliphatic carbocycles. The number of nitrogens with two attached hydrogens (primary N) is 2. The fourth-order valence-corrected chi connectivity index (χ4v) is 11.5. The van der Waals surface area contributed by atoms with Gasteiger partial charge in [-0.2, -0.15) is 4.98 Å². The van der Waals surface area contributed by atoms with Crippen LogP contribution in [0.1, 0.15) is 10.7 Å². The predicted molar refractivity (Wildman–Crippen MR) is 170 cm³/mol. The Morgan fingerprint density at radius 3 is 2.22 bits per heavy atom. The topological polar surface area (TPSA) is 277 Å². The van der Waals surface area contributed by atoms with Crippen LogP contribution in [-0.4, -0.2) is 107 Å². The van der Waals surface area contributed by atoms with Gasteiger partial charge in [0.2, 0.25) is 5.95 Å². The van der Waals surface area contributed by atoms with Gasteiger partial charge in [-0.3, -0.25) is 23.4 Å². The standard InChI is InChI=1S/C20H24N10O9P2S4/c21-14-8-15(24-3-23-14)29(4-25-8)18-11(32)12-7(45-18)2-37-41(35,43)39-13-10(31)6(1-36-40(34,42)38-12)44-19(13)30-5-26-9-16(30)27-20(22)28-17(9)33/h3-7,10-13,18-19,31-32H,1-2H2,(H,34,42)(H,35,43)(H2,21,23,24)(H3,22,27,28,33)/t6-,7-,10?,11+,12?,13+,18-,19-,40?,41?/m1/s1. The van der Waals surface area contributed by atoms with Crippen molar-refractivity contribution in [2.45, 2.75) is 45.7 Å². The summed E-state index contributed by atoms with van der Waals surface area (Å²) in [7, 11) is 0. The molecule has 4 aromatic heterocycles. The highest BCUT2D eigenvalue weighted by atomic mass is 32.5. The lowest BCUT2D eigenvalue weighted by Gasteiger charge is -2.28. The second-order valence-corrected chi connectivity index (χ2v) is 18.4. The van der Waals surface area contributed by atoms with Crippen molar-refractivity contribution in [2.24, 2.45) is 0 Å². The zero-order valence-corrected chi connectivity index (χ0v) is 27.5. The maximum Gasteiger partial charge on any atom is 0.325 e. The van der Waals surface area contributed by atoms with Gasteiger partial charge >= 0.3 is 13.4 Å². The monoisotopic (exact) mass is 738 g/mol. The fourth-order valence-electron chi connectivity index (χ4n) is 5.30. The van der Waals surface area contributed by atoms with E-state index >= 15 is 0 Å². The van der Waals surface area contributed by atoms with Crippen LogP contribution in [0, 0.1) is 0 Å². The van der Waals surface area contributed by atoms with Gasteiger partial charge < -0.3 is 45.0 Å². The number of anilines is 2. The van der Waals surface area contributed by atoms with Gasteiger partial charge in [-0.05, 0) is 23.6 Å². The number of imidazole rings is 2. The molecule has 10 atom stereocenters. The van der Waals surface area contributed by atoms with Crippen molar-refractivity contribution in [1.82, 2.24) is 39.0 Å². The molecule has 3 saturated heterocycles. The van der Waals surface area contributed by atoms with Crippen LogP contribution in [0.15, 0.2) is 23.8 Å². The van der Waals surface area contributed by atoms with Gasteiger partial charge in [-0.1, -0.05) is 0 Å². The quantitative estimate of drug-likeness (QED) is 0.126. The Balaban J connectivity index is 1.21. The number of nitrogens with zero attached hydrogens (tertiary/aromatic N) is 7. The molecule has 7 rings (SSSR count). The summed E-state index contributed by atoms with van der Waals surface area (Å²) in [5.74, 6) is -0.00628. The molecule has 0 saturated carbocycles. The summed E-state index contributed by atoms with van der Waals surface area (Å²) >= 11 is 12.9. The molecule has 25 heteroatoms. The molecule has 3 aliphatic heterocycles. The zero-order chi connectivity index (χ0) is 31.8. The minimum atomic E-state index is -4.10. The molecule has 242 valence electrons. The molecule has 19 nitrogen and oxygen atoms in total. The van der Waals surface area contributed by atoms with Crippen LogP contribution < -0.4 is 17.0 Å². The number of rotatable bonds is 2. The molecule has 0 aromatic carbocycles. The third-order valence-electron chi connectivity index (χ3n) is 7.32. The normalized spacial score (nSPS) is 37.7. The minimum absolute atomic E-state index is 0.0108. The number of fused-ring (bicyclic) bond motifs is 5. The van der Waals surface area contributed by atoms with E-state index < -0.39 is 64.7 Å². The number of hydrogen-bond acceptors (Lipinski definition) is 18. The number of hydrogen-bond donors (Lipinski definition) is 7. The second-order valence-electron chi connectivity index (χ2n) is 10.1. The molecule has 4 unspecified atom stereocenters. The number of aromatic nitrogens is 8. The van der Waals surface area contributed by atoms with Crippen LogP contribution in [0.2, 0.25) is 0 Å². The third kappa shape index (κ3) is 5.82. The number of H-pyrrole nitrogens is 1. The first-order valence-corrected chi connectivity index (χ1v) is 20.0. The van der Waals surface area contributed by atoms with Crippen LogP contribution in [0.3, 0.4) is 0 Å². The molecule has 0 spiro atoms. The molecule has 3 aliphatic rings. The van der Waals surface area contributed by atoms with Crippen molar-refractivity contribution in [1.29, 1.82) is 0 Å². The molecular weight excluding hydrogens is 714 g/mol. The zero-order valence-electron chi connectivity index (χ0n) is 22.4. The van der Waals surface area contributed by atoms with Gasteiger partial charge in [-0.15, -0.1) is 23.5 Å². The Hall–Kier alpha value is -1.82. The molecule has 9 N–H and O–H groups in total. The van der Waals surface area contributed by atoms with Gasteiger partial charge in [-0.25, -0.2) is 19.9 Å². The lowest BCUT2D eigenvalue weighted by atomic mass is 10.1. The largest absolute Gasteiger partial charge is 0.389 e. The molecule has 2 bridgehead atoms. The van der Waals surface area contributed by atoms with Crippen LogP contribution >= 0.6 is 37.0 Å². The Morgan fingerprint density at radius 2 is 1.49 bits per heavy atom. The number of aliphatic hydroxyl groups is 2. The maximum atomic E-state index is 12.4. The van der Waals surface area contributed by atoms with E-state index in [-0.39, 0.29) is 36.1 Å². The Bertz CT molecular complexity index is 1950. The molecule has 7 heterocycles. The number of aliphatic hydroxyl groups excluding tert-OH is 2. The summed E-state index contributed by atoms with van der Waals surface area (Å²) < 4.78 is 26.2. The van der Waals surface area contributed by atoms with E-state index in [1.807, 2.05) is 0 Å². The van der Waals surface area contributed by atoms with E-state index in [0.29, 0.717) is 11.2 Å². The van der Waals surface area contributed by atoms with E-state index in [4.69, 9.17) is 53.2 Å². The van der Waals surface area contributed by atoms with E-state index in [1.165, 1.54) is 35.3 Å². The van der Waals surface area contributed by atoms with Crippen LogP contribution in [0.4, 0.5) is 11.8 Å². The molecular formula is C20H24N10O9P2S4. The lowest BCUT2D eigenvalue weighted by Crippen LogP contribution is -2.35. The minimum Gasteiger partial charge on any atom is -0.389 e. The fraction of sp³-hybridized carbons (Fsp3) is 0.500. The summed E-state index contributed by atoms with van der Waals surface area (Å²) in [5.41, 5.74) is 11.9. The third-order valence-corrected chi connectivity index (χ3v) is 13.5. The summed E-state index contributed by atoms with van der Waals surface area (Å²) in [6.45, 7) is -8.78. The average molecular weight is 739 g/mol. The van der Waals surface area contributed by atoms with Crippen LogP contribution in [0.25, 0.3) is 22.3 Å². The SMILES string of the molecule is Nc1nc2c(ncn2[C@@H]2S[C@@H]3COP(O)(=S)OC4[C@@H](COP(O)(=S)O[C@H]2C3O)S[C@@H](n2cnc3c(N)ncnc32)[C@H]4O)c(=O)[nH]1. The van der Waals surface area contributed by atoms with Gasteiger partial charge in [0.05, 0.1) is 42.5 Å². The summed E-state index contributed by atoms with van der Waals surface area (Å²) in [6.07, 6.45) is -0.982. The number of aromatic amines is 1. The Kier molecular flexibility index (Phi) is 8.26. The van der Waals surface area contributed by atoms with Gasteiger partial charge in [0.1, 0.15) is 40.9 Å². The highest BCUT2D eigenvalue weighted by Crippen LogP contribution is 2.58. The van der Waals surface area contributed by atoms with Crippen molar-refractivity contribution in [2.75, 3.05) is 24.7 Å². The van der Waals surface area contributed by atoms with Gasteiger partial charge in [0.25, 0.3) is 5.56 Å². The number of nitrogen functional groups attached to an aromatic ring is 2. The smallest absolute Gasteiger partial charge is 0.325 e. The Labute approximate surface area is 270 Å². The number of nitrogens with one attached hydrogen (secondary N) is 1. The first-order chi connectivity index (χ1) is 21.3. The predicted octanol–water partition coefficient (Wildman–Crippen LogP) is -0.676. The van der Waals surface area contributed by atoms with Crippen LogP contribution in [0.5, 0.6) is 0 Å². The second kappa shape index (κ2) is 11.7. The number of thioether (sulfide) groups is 2. The molecule has 45 heavy (non-hydrogen) atoms.